The van der Waals surface area contributed by atoms with Crippen LogP contribution in [-0.2, 0) is 9.84 Å². The number of carbonyl (C=O) groups excluding carboxylic acids is 1. The highest BCUT2D eigenvalue weighted by Gasteiger charge is 2.32. The van der Waals surface area contributed by atoms with Crippen LogP contribution >= 0.6 is 0 Å². The molecule has 10 heteroatoms. The molecule has 1 fully saturated rings. The molecule has 158 valence electrons. The van der Waals surface area contributed by atoms with Crippen molar-refractivity contribution in [3.8, 4) is 11.5 Å². The van der Waals surface area contributed by atoms with Gasteiger partial charge in [-0.3, -0.25) is 9.48 Å². The molecule has 0 saturated carbocycles. The van der Waals surface area contributed by atoms with Crippen molar-refractivity contribution in [3.63, 3.8) is 0 Å². The van der Waals surface area contributed by atoms with Crippen molar-refractivity contribution >= 4 is 32.4 Å². The fourth-order valence-corrected chi connectivity index (χ4v) is 5.39. The lowest BCUT2D eigenvalue weighted by Crippen LogP contribution is -2.19. The summed E-state index contributed by atoms with van der Waals surface area (Å²) in [6.07, 6.45) is 1.88. The highest BCUT2D eigenvalue weighted by atomic mass is 32.2. The molecule has 1 aromatic carbocycles. The number of benzene rings is 1. The smallest absolute Gasteiger partial charge is 0.360 e. The molecule has 0 aliphatic carbocycles. The first-order valence-electron chi connectivity index (χ1n) is 9.58. The number of anilines is 1. The number of carbonyl (C=O) groups is 1. The van der Waals surface area contributed by atoms with E-state index in [-0.39, 0.29) is 22.9 Å². The number of nitrogens with zero attached hydrogens (tertiary/aromatic N) is 2. The largest absolute Gasteiger partial charge is 0.463 e. The monoisotopic (exact) mass is 439 g/mol. The molecule has 0 bridgehead atoms. The van der Waals surface area contributed by atoms with E-state index in [1.165, 1.54) is 23.1 Å². The zero-order valence-corrected chi connectivity index (χ0v) is 17.0. The Morgan fingerprint density at radius 1 is 1.16 bits per heavy atom. The quantitative estimate of drug-likeness (QED) is 0.485. The molecule has 1 unspecified atom stereocenters. The van der Waals surface area contributed by atoms with Gasteiger partial charge in [0.25, 0.3) is 5.91 Å². The van der Waals surface area contributed by atoms with Crippen LogP contribution in [-0.4, -0.2) is 35.6 Å². The predicted molar refractivity (Wildman–Crippen MR) is 113 cm³/mol. The van der Waals surface area contributed by atoms with Crippen molar-refractivity contribution in [2.24, 2.45) is 0 Å². The first-order chi connectivity index (χ1) is 14.9. The summed E-state index contributed by atoms with van der Waals surface area (Å²) in [7, 11) is -3.16. The number of hydrogen-bond donors (Lipinski definition) is 1. The van der Waals surface area contributed by atoms with Gasteiger partial charge in [0.05, 0.1) is 23.8 Å². The first kappa shape index (κ1) is 19.3. The Morgan fingerprint density at radius 3 is 2.74 bits per heavy atom. The van der Waals surface area contributed by atoms with Crippen molar-refractivity contribution in [1.29, 1.82) is 0 Å². The van der Waals surface area contributed by atoms with Crippen LogP contribution in [0.4, 0.5) is 5.69 Å². The molecule has 9 nitrogen and oxygen atoms in total. The van der Waals surface area contributed by atoms with Crippen LogP contribution in [0.2, 0.25) is 0 Å². The number of fused-ring (bicyclic) bond motifs is 1. The molecule has 1 atom stereocenters. The van der Waals surface area contributed by atoms with E-state index in [4.69, 9.17) is 8.83 Å². The van der Waals surface area contributed by atoms with E-state index < -0.39 is 27.4 Å². The molecular formula is C21H17N3O6S. The van der Waals surface area contributed by atoms with Crippen LogP contribution in [0.3, 0.4) is 0 Å². The molecular weight excluding hydrogens is 422 g/mol. The van der Waals surface area contributed by atoms with E-state index in [9.17, 15) is 18.0 Å². The number of nitrogens with one attached hydrogen (secondary N) is 1. The Morgan fingerprint density at radius 2 is 2.00 bits per heavy atom. The van der Waals surface area contributed by atoms with Gasteiger partial charge in [-0.1, -0.05) is 18.2 Å². The Kier molecular flexibility index (Phi) is 4.51. The second-order valence-corrected chi connectivity index (χ2v) is 9.56. The van der Waals surface area contributed by atoms with Gasteiger partial charge in [0.1, 0.15) is 17.0 Å². The van der Waals surface area contributed by atoms with E-state index in [0.717, 1.165) is 0 Å². The zero-order valence-electron chi connectivity index (χ0n) is 16.1. The van der Waals surface area contributed by atoms with Gasteiger partial charge in [0.15, 0.2) is 21.3 Å². The lowest BCUT2D eigenvalue weighted by Gasteiger charge is -2.11. The van der Waals surface area contributed by atoms with Crippen molar-refractivity contribution in [3.05, 3.63) is 70.9 Å². The summed E-state index contributed by atoms with van der Waals surface area (Å²) in [5.74, 6) is -0.150. The molecule has 4 heterocycles. The number of rotatable bonds is 4. The maximum absolute atomic E-state index is 12.9. The average molecular weight is 439 g/mol. The van der Waals surface area contributed by atoms with Gasteiger partial charge in [-0.05, 0) is 30.7 Å². The molecule has 3 aromatic heterocycles. The van der Waals surface area contributed by atoms with Gasteiger partial charge in [-0.2, -0.15) is 5.10 Å². The van der Waals surface area contributed by atoms with Crippen molar-refractivity contribution < 1.29 is 22.0 Å². The van der Waals surface area contributed by atoms with Gasteiger partial charge in [-0.15, -0.1) is 0 Å². The van der Waals surface area contributed by atoms with Crippen LogP contribution in [0.15, 0.2) is 68.4 Å². The second kappa shape index (κ2) is 7.24. The topological polar surface area (TPSA) is 124 Å². The second-order valence-electron chi connectivity index (χ2n) is 7.33. The van der Waals surface area contributed by atoms with Crippen LogP contribution in [0.1, 0.15) is 23.0 Å². The number of amides is 1. The summed E-state index contributed by atoms with van der Waals surface area (Å²) in [4.78, 5) is 25.1. The third-order valence-corrected chi connectivity index (χ3v) is 6.94. The summed E-state index contributed by atoms with van der Waals surface area (Å²) in [5, 5.41) is 7.55. The van der Waals surface area contributed by atoms with Crippen molar-refractivity contribution in [2.75, 3.05) is 16.8 Å². The lowest BCUT2D eigenvalue weighted by molar-refractivity contribution is 0.102. The molecule has 0 spiro atoms. The molecule has 31 heavy (non-hydrogen) atoms. The van der Waals surface area contributed by atoms with E-state index in [0.29, 0.717) is 28.8 Å². The SMILES string of the molecule is O=C(Nc1cc2ccccc2oc1=O)c1cc(-c2ccco2)n(C2CCS(=O)(=O)C2)n1. The Balaban J connectivity index is 1.50. The summed E-state index contributed by atoms with van der Waals surface area (Å²) in [5.41, 5.74) is 0.240. The number of furan rings is 1. The highest BCUT2D eigenvalue weighted by molar-refractivity contribution is 7.91. The van der Waals surface area contributed by atoms with E-state index in [2.05, 4.69) is 10.4 Å². The number of para-hydroxylation sites is 1. The maximum atomic E-state index is 12.9. The maximum Gasteiger partial charge on any atom is 0.360 e. The third-order valence-electron chi connectivity index (χ3n) is 5.19. The predicted octanol–water partition coefficient (Wildman–Crippen LogP) is 2.86. The number of aromatic nitrogens is 2. The van der Waals surface area contributed by atoms with Gasteiger partial charge in [-0.25, -0.2) is 13.2 Å². The van der Waals surface area contributed by atoms with Crippen LogP contribution < -0.4 is 10.9 Å². The molecule has 1 aliphatic rings. The minimum Gasteiger partial charge on any atom is -0.463 e. The van der Waals surface area contributed by atoms with Gasteiger partial charge in [0, 0.05) is 11.5 Å². The summed E-state index contributed by atoms with van der Waals surface area (Å²) >= 11 is 0. The molecule has 1 saturated heterocycles. The first-order valence-corrected chi connectivity index (χ1v) is 11.4. The fourth-order valence-electron chi connectivity index (χ4n) is 3.70. The van der Waals surface area contributed by atoms with E-state index in [1.807, 2.05) is 0 Å². The van der Waals surface area contributed by atoms with Crippen LogP contribution in [0, 0.1) is 0 Å². The Bertz CT molecular complexity index is 1450. The standard InChI is InChI=1S/C21H17N3O6S/c25-20(22-16-10-13-4-1-2-5-18(13)30-21(16)26)15-11-17(19-6-3-8-29-19)24(23-15)14-7-9-31(27,28)12-14/h1-6,8,10-11,14H,7,9,12H2,(H,22,25). The number of sulfone groups is 1. The molecule has 4 aromatic rings. The van der Waals surface area contributed by atoms with Crippen molar-refractivity contribution in [1.82, 2.24) is 9.78 Å². The van der Waals surface area contributed by atoms with Crippen LogP contribution in [0.5, 0.6) is 0 Å². The number of hydrogen-bond acceptors (Lipinski definition) is 7. The minimum atomic E-state index is -3.16. The fraction of sp³-hybridized carbons (Fsp3) is 0.190. The average Bonchev–Trinajstić information content (AvgIpc) is 3.47. The highest BCUT2D eigenvalue weighted by Crippen LogP contribution is 2.30. The van der Waals surface area contributed by atoms with E-state index in [1.54, 1.807) is 36.4 Å². The van der Waals surface area contributed by atoms with Crippen LogP contribution in [0.25, 0.3) is 22.4 Å². The summed E-state index contributed by atoms with van der Waals surface area (Å²) in [6.45, 7) is 0. The molecule has 0 radical (unpaired) electrons. The lowest BCUT2D eigenvalue weighted by atomic mass is 10.2. The molecule has 5 rings (SSSR count). The normalized spacial score (nSPS) is 17.7. The third kappa shape index (κ3) is 3.66. The molecule has 1 N–H and O–H groups in total. The Hall–Kier alpha value is -3.66. The molecule has 1 aliphatic heterocycles. The summed E-state index contributed by atoms with van der Waals surface area (Å²) in [6, 6.07) is 13.0. The van der Waals surface area contributed by atoms with E-state index >= 15 is 0 Å². The Labute approximate surface area is 176 Å². The van der Waals surface area contributed by atoms with Gasteiger partial charge in [0.2, 0.25) is 0 Å². The van der Waals surface area contributed by atoms with Gasteiger partial charge >= 0.3 is 5.63 Å². The zero-order chi connectivity index (χ0) is 21.6. The van der Waals surface area contributed by atoms with Crippen molar-refractivity contribution in [2.45, 2.75) is 12.5 Å². The van der Waals surface area contributed by atoms with Gasteiger partial charge < -0.3 is 14.2 Å². The minimum absolute atomic E-state index is 0.0127. The molecule has 1 amide bonds. The summed E-state index contributed by atoms with van der Waals surface area (Å²) < 4.78 is 36.1.